The Bertz CT molecular complexity index is 1060. The van der Waals surface area contributed by atoms with Gasteiger partial charge in [-0.3, -0.25) is 24.6 Å². The number of likely N-dealkylation sites (tertiary alicyclic amines) is 1. The van der Waals surface area contributed by atoms with E-state index in [9.17, 15) is 19.7 Å². The highest BCUT2D eigenvalue weighted by Gasteiger charge is 2.43. The fraction of sp³-hybridized carbons (Fsp3) is 0.481. The van der Waals surface area contributed by atoms with Crippen LogP contribution in [0.25, 0.3) is 0 Å². The predicted octanol–water partition coefficient (Wildman–Crippen LogP) is 1.69. The number of nitrogens with one attached hydrogen (secondary N) is 1. The van der Waals surface area contributed by atoms with Gasteiger partial charge in [-0.2, -0.15) is 0 Å². The number of hydrogen-bond acceptors (Lipinski definition) is 7. The highest BCUT2D eigenvalue weighted by atomic mass is 16.6. The summed E-state index contributed by atoms with van der Waals surface area (Å²) in [6.07, 6.45) is 1.35. The van der Waals surface area contributed by atoms with Crippen LogP contribution in [-0.4, -0.2) is 96.5 Å². The Morgan fingerprint density at radius 3 is 2.43 bits per heavy atom. The third kappa shape index (κ3) is 6.91. The zero-order chi connectivity index (χ0) is 26.2. The molecule has 2 aromatic carbocycles. The van der Waals surface area contributed by atoms with Gasteiger partial charge in [0.15, 0.2) is 0 Å². The average molecular weight is 510 g/mol. The minimum atomic E-state index is -0.526. The van der Waals surface area contributed by atoms with Crippen molar-refractivity contribution >= 4 is 17.5 Å². The Morgan fingerprint density at radius 1 is 1.08 bits per heavy atom. The number of carbonyl (C=O) groups is 2. The van der Waals surface area contributed by atoms with Gasteiger partial charge >= 0.3 is 0 Å². The predicted molar refractivity (Wildman–Crippen MR) is 139 cm³/mol. The first-order valence-corrected chi connectivity index (χ1v) is 12.8. The molecule has 0 bridgehead atoms. The van der Waals surface area contributed by atoms with Crippen molar-refractivity contribution in [3.63, 3.8) is 0 Å². The summed E-state index contributed by atoms with van der Waals surface area (Å²) in [6.45, 7) is 4.42. The van der Waals surface area contributed by atoms with Crippen molar-refractivity contribution < 1.29 is 19.2 Å². The SMILES string of the molecule is COCC(=O)N1CC(N(CCc2ccccc2)Cc2ccc([N+](=O)[O-])cc2)CC1C(=O)N1CCNCC1. The van der Waals surface area contributed by atoms with E-state index in [4.69, 9.17) is 4.74 Å². The summed E-state index contributed by atoms with van der Waals surface area (Å²) in [4.78, 5) is 43.0. The highest BCUT2D eigenvalue weighted by molar-refractivity contribution is 5.89. The number of non-ortho nitro benzene ring substituents is 1. The molecule has 2 saturated heterocycles. The van der Waals surface area contributed by atoms with E-state index in [1.807, 2.05) is 23.1 Å². The van der Waals surface area contributed by atoms with Crippen molar-refractivity contribution in [3.05, 3.63) is 75.8 Å². The number of benzene rings is 2. The number of rotatable bonds is 10. The van der Waals surface area contributed by atoms with Gasteiger partial charge in [0.05, 0.1) is 4.92 Å². The zero-order valence-corrected chi connectivity index (χ0v) is 21.3. The maximum absolute atomic E-state index is 13.5. The Hall–Kier alpha value is -3.34. The topological polar surface area (TPSA) is 108 Å². The molecule has 10 heteroatoms. The van der Waals surface area contributed by atoms with Gasteiger partial charge in [0.1, 0.15) is 12.6 Å². The van der Waals surface area contributed by atoms with Gasteiger partial charge in [0, 0.05) is 71.1 Å². The molecule has 2 aliphatic heterocycles. The molecule has 0 radical (unpaired) electrons. The van der Waals surface area contributed by atoms with Crippen molar-refractivity contribution in [2.75, 3.05) is 53.0 Å². The van der Waals surface area contributed by atoms with Crippen LogP contribution in [0.4, 0.5) is 5.69 Å². The standard InChI is InChI=1S/C27H35N5O5/c1-37-20-26(33)31-19-24(17-25(31)27(34)29-15-12-28-13-16-29)30(14-11-21-5-3-2-4-6-21)18-22-7-9-23(10-8-22)32(35)36/h2-10,24-25,28H,11-20H2,1H3. The molecule has 0 saturated carbocycles. The lowest BCUT2D eigenvalue weighted by atomic mass is 10.1. The molecule has 2 aromatic rings. The van der Waals surface area contributed by atoms with Crippen LogP contribution in [0.5, 0.6) is 0 Å². The summed E-state index contributed by atoms with van der Waals surface area (Å²) in [7, 11) is 1.49. The zero-order valence-electron chi connectivity index (χ0n) is 21.3. The third-order valence-corrected chi connectivity index (χ3v) is 7.16. The van der Waals surface area contributed by atoms with Crippen molar-refractivity contribution in [1.29, 1.82) is 0 Å². The lowest BCUT2D eigenvalue weighted by Gasteiger charge is -2.32. The van der Waals surface area contributed by atoms with Crippen LogP contribution in [0.1, 0.15) is 17.5 Å². The van der Waals surface area contributed by atoms with Crippen LogP contribution in [0.15, 0.2) is 54.6 Å². The summed E-state index contributed by atoms with van der Waals surface area (Å²) >= 11 is 0. The van der Waals surface area contributed by atoms with E-state index >= 15 is 0 Å². The number of nitrogens with zero attached hydrogens (tertiary/aromatic N) is 4. The van der Waals surface area contributed by atoms with Gasteiger partial charge in [0.2, 0.25) is 11.8 Å². The highest BCUT2D eigenvalue weighted by Crippen LogP contribution is 2.27. The molecule has 2 atom stereocenters. The first-order chi connectivity index (χ1) is 18.0. The van der Waals surface area contributed by atoms with E-state index in [0.717, 1.165) is 31.6 Å². The molecular weight excluding hydrogens is 474 g/mol. The van der Waals surface area contributed by atoms with Crippen LogP contribution in [-0.2, 0) is 27.3 Å². The first kappa shape index (κ1) is 26.7. The second-order valence-corrected chi connectivity index (χ2v) is 9.59. The quantitative estimate of drug-likeness (QED) is 0.384. The monoisotopic (exact) mass is 509 g/mol. The van der Waals surface area contributed by atoms with Crippen LogP contribution < -0.4 is 5.32 Å². The largest absolute Gasteiger partial charge is 0.375 e. The summed E-state index contributed by atoms with van der Waals surface area (Å²) < 4.78 is 5.12. The number of hydrogen-bond donors (Lipinski definition) is 1. The molecule has 0 aliphatic carbocycles. The van der Waals surface area contributed by atoms with E-state index in [2.05, 4.69) is 22.3 Å². The number of nitro benzene ring substituents is 1. The van der Waals surface area contributed by atoms with Crippen molar-refractivity contribution in [1.82, 2.24) is 20.0 Å². The summed E-state index contributed by atoms with van der Waals surface area (Å²) in [5.41, 5.74) is 2.21. The fourth-order valence-electron chi connectivity index (χ4n) is 5.16. The second kappa shape index (κ2) is 12.8. The van der Waals surface area contributed by atoms with Crippen molar-refractivity contribution in [3.8, 4) is 0 Å². The molecule has 37 heavy (non-hydrogen) atoms. The molecule has 2 amide bonds. The molecular formula is C27H35N5O5. The molecule has 0 aromatic heterocycles. The Morgan fingerprint density at radius 2 is 1.78 bits per heavy atom. The Labute approximate surface area is 217 Å². The summed E-state index contributed by atoms with van der Waals surface area (Å²) in [5, 5.41) is 14.4. The van der Waals surface area contributed by atoms with Gasteiger partial charge in [0.25, 0.3) is 5.69 Å². The van der Waals surface area contributed by atoms with Crippen LogP contribution in [0, 0.1) is 10.1 Å². The maximum atomic E-state index is 13.5. The molecule has 0 spiro atoms. The van der Waals surface area contributed by atoms with E-state index in [1.165, 1.54) is 24.8 Å². The number of ether oxygens (including phenoxy) is 1. The Balaban J connectivity index is 1.55. The van der Waals surface area contributed by atoms with E-state index in [-0.39, 0.29) is 30.2 Å². The molecule has 2 fully saturated rings. The van der Waals surface area contributed by atoms with Gasteiger partial charge in [-0.25, -0.2) is 0 Å². The van der Waals surface area contributed by atoms with E-state index < -0.39 is 11.0 Å². The number of piperazine rings is 1. The van der Waals surface area contributed by atoms with Crippen LogP contribution >= 0.6 is 0 Å². The maximum Gasteiger partial charge on any atom is 0.269 e. The number of carbonyl (C=O) groups excluding carboxylic acids is 2. The fourth-order valence-corrected chi connectivity index (χ4v) is 5.16. The molecule has 2 aliphatic rings. The number of nitro groups is 1. The minimum Gasteiger partial charge on any atom is -0.375 e. The Kier molecular flexibility index (Phi) is 9.21. The van der Waals surface area contributed by atoms with E-state index in [0.29, 0.717) is 32.6 Å². The third-order valence-electron chi connectivity index (χ3n) is 7.16. The molecule has 1 N–H and O–H groups in total. The normalized spacial score (nSPS) is 19.8. The van der Waals surface area contributed by atoms with Gasteiger partial charge in [-0.1, -0.05) is 42.5 Å². The molecule has 2 unspecified atom stereocenters. The first-order valence-electron chi connectivity index (χ1n) is 12.8. The van der Waals surface area contributed by atoms with Crippen molar-refractivity contribution in [2.45, 2.75) is 31.5 Å². The summed E-state index contributed by atoms with van der Waals surface area (Å²) in [6, 6.07) is 16.2. The lowest BCUT2D eigenvalue weighted by Crippen LogP contribution is -2.53. The molecule has 2 heterocycles. The van der Waals surface area contributed by atoms with Gasteiger partial charge in [-0.05, 0) is 24.0 Å². The van der Waals surface area contributed by atoms with E-state index in [1.54, 1.807) is 17.0 Å². The van der Waals surface area contributed by atoms with Crippen molar-refractivity contribution in [2.24, 2.45) is 0 Å². The van der Waals surface area contributed by atoms with Crippen LogP contribution in [0.2, 0.25) is 0 Å². The van der Waals surface area contributed by atoms with Crippen LogP contribution in [0.3, 0.4) is 0 Å². The van der Waals surface area contributed by atoms with Gasteiger partial charge < -0.3 is 19.9 Å². The summed E-state index contributed by atoms with van der Waals surface area (Å²) in [5.74, 6) is -0.191. The number of amides is 2. The lowest BCUT2D eigenvalue weighted by molar-refractivity contribution is -0.384. The molecule has 4 rings (SSSR count). The van der Waals surface area contributed by atoms with Gasteiger partial charge in [-0.15, -0.1) is 0 Å². The number of methoxy groups -OCH3 is 1. The second-order valence-electron chi connectivity index (χ2n) is 9.59. The minimum absolute atomic E-state index is 0.00759. The molecule has 10 nitrogen and oxygen atoms in total. The smallest absolute Gasteiger partial charge is 0.269 e. The average Bonchev–Trinajstić information content (AvgIpc) is 3.37. The molecule has 198 valence electrons.